The number of rotatable bonds is 6. The summed E-state index contributed by atoms with van der Waals surface area (Å²) in [6.07, 6.45) is 0. The van der Waals surface area contributed by atoms with Gasteiger partial charge < -0.3 is 10.1 Å². The number of para-hydroxylation sites is 1. The molecule has 0 saturated carbocycles. The number of carbonyl (C=O) groups excluding carboxylic acids is 2. The lowest BCUT2D eigenvalue weighted by molar-refractivity contribution is 0.0602. The molecule has 0 aliphatic carbocycles. The van der Waals surface area contributed by atoms with Crippen molar-refractivity contribution in [2.45, 2.75) is 6.92 Å². The summed E-state index contributed by atoms with van der Waals surface area (Å²) in [6.45, 7) is 1.55. The van der Waals surface area contributed by atoms with Gasteiger partial charge in [-0.2, -0.15) is 0 Å². The molecule has 0 spiro atoms. The van der Waals surface area contributed by atoms with E-state index in [-0.39, 0.29) is 16.9 Å². The Labute approximate surface area is 152 Å². The lowest BCUT2D eigenvalue weighted by atomic mass is 10.1. The maximum atomic E-state index is 12.5. The molecule has 2 aromatic carbocycles. The third-order valence-electron chi connectivity index (χ3n) is 3.83. The summed E-state index contributed by atoms with van der Waals surface area (Å²) in [7, 11) is -0.742. The topological polar surface area (TPSA) is 92.8 Å². The highest BCUT2D eigenvalue weighted by atomic mass is 32.2. The lowest BCUT2D eigenvalue weighted by Gasteiger charge is -2.19. The van der Waals surface area contributed by atoms with Crippen LogP contribution in [0.15, 0.2) is 48.5 Å². The molecule has 0 unspecified atom stereocenters. The number of esters is 1. The molecule has 1 N–H and O–H groups in total. The van der Waals surface area contributed by atoms with Crippen molar-refractivity contribution in [1.82, 2.24) is 0 Å². The Morgan fingerprint density at radius 1 is 1.12 bits per heavy atom. The number of nitrogens with one attached hydrogen (secondary N) is 1. The molecule has 0 aromatic heterocycles. The summed E-state index contributed by atoms with van der Waals surface area (Å²) in [5.41, 5.74) is 1.18. The number of carbonyl (C=O) groups is 2. The predicted octanol–water partition coefficient (Wildman–Crippen LogP) is 2.51. The molecule has 0 fully saturated rings. The standard InChI is InChI=1S/C18H20N2O5S/c1-4-26(23,24)20(2)14-9-7-8-13(12-14)17(21)19-16-11-6-5-10-15(16)18(22)25-3/h5-12H,4H2,1-3H3,(H,19,21). The van der Waals surface area contributed by atoms with Crippen LogP contribution in [0.25, 0.3) is 0 Å². The Hall–Kier alpha value is -2.87. The molecular weight excluding hydrogens is 356 g/mol. The van der Waals surface area contributed by atoms with E-state index in [0.29, 0.717) is 11.4 Å². The Balaban J connectivity index is 2.30. The summed E-state index contributed by atoms with van der Waals surface area (Å²) < 4.78 is 29.8. The van der Waals surface area contributed by atoms with Crippen molar-refractivity contribution in [3.8, 4) is 0 Å². The molecule has 0 saturated heterocycles. The van der Waals surface area contributed by atoms with Gasteiger partial charge in [0.1, 0.15) is 0 Å². The van der Waals surface area contributed by atoms with Crippen LogP contribution in [0, 0.1) is 0 Å². The number of hydrogen-bond donors (Lipinski definition) is 1. The van der Waals surface area contributed by atoms with E-state index in [1.54, 1.807) is 49.4 Å². The fraction of sp³-hybridized carbons (Fsp3) is 0.222. The quantitative estimate of drug-likeness (QED) is 0.782. The van der Waals surface area contributed by atoms with Crippen molar-refractivity contribution >= 4 is 33.3 Å². The van der Waals surface area contributed by atoms with E-state index in [2.05, 4.69) is 5.32 Å². The number of benzene rings is 2. The van der Waals surface area contributed by atoms with E-state index >= 15 is 0 Å². The molecule has 0 aliphatic rings. The highest BCUT2D eigenvalue weighted by molar-refractivity contribution is 7.92. The zero-order valence-corrected chi connectivity index (χ0v) is 15.5. The van der Waals surface area contributed by atoms with E-state index in [1.807, 2.05) is 0 Å². The third-order valence-corrected chi connectivity index (χ3v) is 5.61. The molecule has 2 rings (SSSR count). The van der Waals surface area contributed by atoms with Crippen molar-refractivity contribution in [2.75, 3.05) is 29.5 Å². The highest BCUT2D eigenvalue weighted by Crippen LogP contribution is 2.21. The number of methoxy groups -OCH3 is 1. The van der Waals surface area contributed by atoms with Gasteiger partial charge in [-0.15, -0.1) is 0 Å². The van der Waals surface area contributed by atoms with Crippen molar-refractivity contribution in [1.29, 1.82) is 0 Å². The van der Waals surface area contributed by atoms with E-state index in [9.17, 15) is 18.0 Å². The Morgan fingerprint density at radius 2 is 1.81 bits per heavy atom. The average Bonchev–Trinajstić information content (AvgIpc) is 2.67. The molecule has 0 atom stereocenters. The summed E-state index contributed by atoms with van der Waals surface area (Å²) >= 11 is 0. The zero-order valence-electron chi connectivity index (χ0n) is 14.7. The fourth-order valence-electron chi connectivity index (χ4n) is 2.27. The first-order valence-corrected chi connectivity index (χ1v) is 9.46. The summed E-state index contributed by atoms with van der Waals surface area (Å²) in [5.74, 6) is -1.08. The molecule has 1 amide bonds. The van der Waals surface area contributed by atoms with Crippen molar-refractivity contribution in [2.24, 2.45) is 0 Å². The molecule has 0 heterocycles. The van der Waals surface area contributed by atoms with Crippen LogP contribution >= 0.6 is 0 Å². The minimum absolute atomic E-state index is 0.0492. The number of amides is 1. The van der Waals surface area contributed by atoms with Gasteiger partial charge in [-0.1, -0.05) is 18.2 Å². The van der Waals surface area contributed by atoms with Crippen LogP contribution < -0.4 is 9.62 Å². The van der Waals surface area contributed by atoms with Gasteiger partial charge in [0, 0.05) is 12.6 Å². The molecule has 8 heteroatoms. The van der Waals surface area contributed by atoms with Gasteiger partial charge >= 0.3 is 5.97 Å². The van der Waals surface area contributed by atoms with E-state index in [0.717, 1.165) is 4.31 Å². The Morgan fingerprint density at radius 3 is 2.46 bits per heavy atom. The number of anilines is 2. The van der Waals surface area contributed by atoms with E-state index in [1.165, 1.54) is 20.2 Å². The van der Waals surface area contributed by atoms with Crippen molar-refractivity contribution in [3.63, 3.8) is 0 Å². The Kier molecular flexibility index (Phi) is 5.99. The fourth-order valence-corrected chi connectivity index (χ4v) is 3.09. The molecular formula is C18H20N2O5S. The molecule has 138 valence electrons. The SMILES string of the molecule is CCS(=O)(=O)N(C)c1cccc(C(=O)Nc2ccccc2C(=O)OC)c1. The molecule has 7 nitrogen and oxygen atoms in total. The van der Waals surface area contributed by atoms with Crippen LogP contribution in [0.4, 0.5) is 11.4 Å². The summed E-state index contributed by atoms with van der Waals surface area (Å²) in [6, 6.07) is 12.7. The molecule has 2 aromatic rings. The monoisotopic (exact) mass is 376 g/mol. The maximum absolute atomic E-state index is 12.5. The first-order chi connectivity index (χ1) is 12.3. The van der Waals surface area contributed by atoms with Gasteiger partial charge in [-0.05, 0) is 37.3 Å². The number of hydrogen-bond acceptors (Lipinski definition) is 5. The molecule has 0 radical (unpaired) electrons. The van der Waals surface area contributed by atoms with Gasteiger partial charge in [0.2, 0.25) is 10.0 Å². The minimum atomic E-state index is -3.43. The average molecular weight is 376 g/mol. The number of nitrogens with zero attached hydrogens (tertiary/aromatic N) is 1. The Bertz CT molecular complexity index is 925. The number of sulfonamides is 1. The lowest BCUT2D eigenvalue weighted by Crippen LogP contribution is -2.28. The third kappa shape index (κ3) is 4.20. The van der Waals surface area contributed by atoms with Gasteiger partial charge in [-0.25, -0.2) is 13.2 Å². The van der Waals surface area contributed by atoms with Gasteiger partial charge in [0.05, 0.1) is 29.8 Å². The second-order valence-electron chi connectivity index (χ2n) is 5.41. The highest BCUT2D eigenvalue weighted by Gasteiger charge is 2.18. The summed E-state index contributed by atoms with van der Waals surface area (Å²) in [4.78, 5) is 24.3. The van der Waals surface area contributed by atoms with Crippen LogP contribution in [0.5, 0.6) is 0 Å². The number of ether oxygens (including phenoxy) is 1. The largest absolute Gasteiger partial charge is 0.465 e. The van der Waals surface area contributed by atoms with Crippen molar-refractivity contribution in [3.05, 3.63) is 59.7 Å². The first-order valence-electron chi connectivity index (χ1n) is 7.85. The molecule has 26 heavy (non-hydrogen) atoms. The van der Waals surface area contributed by atoms with E-state index < -0.39 is 21.9 Å². The van der Waals surface area contributed by atoms with Gasteiger partial charge in [0.25, 0.3) is 5.91 Å². The van der Waals surface area contributed by atoms with Crippen LogP contribution in [0.2, 0.25) is 0 Å². The van der Waals surface area contributed by atoms with Gasteiger partial charge in [-0.3, -0.25) is 9.10 Å². The van der Waals surface area contributed by atoms with Gasteiger partial charge in [0.15, 0.2) is 0 Å². The second kappa shape index (κ2) is 8.01. The molecule has 0 aliphatic heterocycles. The molecule has 0 bridgehead atoms. The van der Waals surface area contributed by atoms with Crippen LogP contribution in [-0.2, 0) is 14.8 Å². The maximum Gasteiger partial charge on any atom is 0.339 e. The van der Waals surface area contributed by atoms with Crippen LogP contribution in [-0.4, -0.2) is 40.2 Å². The summed E-state index contributed by atoms with van der Waals surface area (Å²) in [5, 5.41) is 2.65. The van der Waals surface area contributed by atoms with Crippen LogP contribution in [0.3, 0.4) is 0 Å². The first kappa shape index (κ1) is 19.5. The second-order valence-corrected chi connectivity index (χ2v) is 7.70. The predicted molar refractivity (Wildman–Crippen MR) is 100 cm³/mol. The minimum Gasteiger partial charge on any atom is -0.465 e. The zero-order chi connectivity index (χ0) is 19.3. The van der Waals surface area contributed by atoms with Crippen molar-refractivity contribution < 1.29 is 22.7 Å². The van der Waals surface area contributed by atoms with E-state index in [4.69, 9.17) is 4.74 Å². The smallest absolute Gasteiger partial charge is 0.339 e. The van der Waals surface area contributed by atoms with Crippen LogP contribution in [0.1, 0.15) is 27.6 Å². The normalized spacial score (nSPS) is 10.9.